The van der Waals surface area contributed by atoms with Crippen LogP contribution in [0.2, 0.25) is 0 Å². The van der Waals surface area contributed by atoms with Crippen LogP contribution in [0.15, 0.2) is 30.3 Å². The Morgan fingerprint density at radius 2 is 1.92 bits per heavy atom. The van der Waals surface area contributed by atoms with Crippen molar-refractivity contribution in [1.29, 1.82) is 0 Å². The fourth-order valence-corrected chi connectivity index (χ4v) is 1.39. The van der Waals surface area contributed by atoms with E-state index in [1.165, 1.54) is 12.0 Å². The topological polar surface area (TPSA) is 20.2 Å². The largest absolute Gasteiger partial charge is 0.396 e. The lowest BCUT2D eigenvalue weighted by Crippen LogP contribution is -2.00. The highest BCUT2D eigenvalue weighted by atomic mass is 16.3. The maximum absolute atomic E-state index is 8.83. The lowest BCUT2D eigenvalue weighted by molar-refractivity contribution is 0.228. The summed E-state index contributed by atoms with van der Waals surface area (Å²) in [6, 6.07) is 10.5. The van der Waals surface area contributed by atoms with Gasteiger partial charge in [0.15, 0.2) is 0 Å². The second kappa shape index (κ2) is 5.76. The number of aryl methyl sites for hydroxylation is 1. The molecule has 0 spiro atoms. The molecule has 0 bridgehead atoms. The molecular formula is C12H18O. The number of aliphatic hydroxyl groups excluding tert-OH is 1. The molecule has 1 heteroatoms. The normalized spacial score (nSPS) is 12.8. The number of rotatable bonds is 5. The Morgan fingerprint density at radius 1 is 1.23 bits per heavy atom. The molecule has 0 aromatic heterocycles. The summed E-state index contributed by atoms with van der Waals surface area (Å²) in [5.74, 6) is 0.448. The molecule has 1 atom stereocenters. The summed E-state index contributed by atoms with van der Waals surface area (Å²) < 4.78 is 0. The van der Waals surface area contributed by atoms with E-state index >= 15 is 0 Å². The summed E-state index contributed by atoms with van der Waals surface area (Å²) in [7, 11) is 0. The minimum absolute atomic E-state index is 0.314. The third-order valence-corrected chi connectivity index (χ3v) is 2.32. The van der Waals surface area contributed by atoms with Gasteiger partial charge in [-0.3, -0.25) is 0 Å². The van der Waals surface area contributed by atoms with Crippen LogP contribution in [0.4, 0.5) is 0 Å². The molecule has 0 heterocycles. The minimum Gasteiger partial charge on any atom is -0.396 e. The molecule has 0 fully saturated rings. The SMILES string of the molecule is CC(CO)CCCc1ccccc1. The van der Waals surface area contributed by atoms with Crippen LogP contribution in [-0.2, 0) is 6.42 Å². The Hall–Kier alpha value is -0.820. The van der Waals surface area contributed by atoms with Gasteiger partial charge in [-0.25, -0.2) is 0 Å². The zero-order valence-corrected chi connectivity index (χ0v) is 8.24. The summed E-state index contributed by atoms with van der Waals surface area (Å²) in [6.45, 7) is 2.40. The van der Waals surface area contributed by atoms with E-state index in [-0.39, 0.29) is 0 Å². The number of aliphatic hydroxyl groups is 1. The van der Waals surface area contributed by atoms with Gasteiger partial charge < -0.3 is 5.11 Å². The maximum atomic E-state index is 8.83. The van der Waals surface area contributed by atoms with Gasteiger partial charge in [-0.15, -0.1) is 0 Å². The molecule has 0 saturated carbocycles. The average molecular weight is 178 g/mol. The van der Waals surface area contributed by atoms with Crippen molar-refractivity contribution in [3.05, 3.63) is 35.9 Å². The first-order valence-corrected chi connectivity index (χ1v) is 4.97. The lowest BCUT2D eigenvalue weighted by atomic mass is 10.0. The molecule has 1 N–H and O–H groups in total. The zero-order valence-electron chi connectivity index (χ0n) is 8.24. The molecule has 1 aromatic rings. The molecule has 13 heavy (non-hydrogen) atoms. The molecule has 0 aliphatic carbocycles. The van der Waals surface area contributed by atoms with Crippen molar-refractivity contribution in [2.75, 3.05) is 6.61 Å². The first-order chi connectivity index (χ1) is 6.33. The minimum atomic E-state index is 0.314. The monoisotopic (exact) mass is 178 g/mol. The lowest BCUT2D eigenvalue weighted by Gasteiger charge is -2.06. The van der Waals surface area contributed by atoms with E-state index in [0.29, 0.717) is 12.5 Å². The molecule has 0 aliphatic rings. The van der Waals surface area contributed by atoms with Gasteiger partial charge in [0, 0.05) is 6.61 Å². The van der Waals surface area contributed by atoms with Crippen LogP contribution in [-0.4, -0.2) is 11.7 Å². The van der Waals surface area contributed by atoms with E-state index in [1.807, 2.05) is 6.07 Å². The van der Waals surface area contributed by atoms with Gasteiger partial charge in [0.05, 0.1) is 0 Å². The number of benzene rings is 1. The molecule has 72 valence electrons. The molecular weight excluding hydrogens is 160 g/mol. The average Bonchev–Trinajstić information content (AvgIpc) is 2.19. The summed E-state index contributed by atoms with van der Waals surface area (Å²) >= 11 is 0. The molecule has 1 aromatic carbocycles. The fourth-order valence-electron chi connectivity index (χ4n) is 1.39. The molecule has 1 unspecified atom stereocenters. The summed E-state index contributed by atoms with van der Waals surface area (Å²) in [5.41, 5.74) is 1.40. The van der Waals surface area contributed by atoms with Crippen molar-refractivity contribution in [3.8, 4) is 0 Å². The van der Waals surface area contributed by atoms with E-state index in [1.54, 1.807) is 0 Å². The molecule has 0 amide bonds. The molecule has 1 nitrogen and oxygen atoms in total. The van der Waals surface area contributed by atoms with Gasteiger partial charge in [-0.1, -0.05) is 37.3 Å². The summed E-state index contributed by atoms with van der Waals surface area (Å²) in [6.07, 6.45) is 3.42. The summed E-state index contributed by atoms with van der Waals surface area (Å²) in [5, 5.41) is 8.83. The van der Waals surface area contributed by atoms with Gasteiger partial charge in [-0.2, -0.15) is 0 Å². The van der Waals surface area contributed by atoms with Gasteiger partial charge >= 0.3 is 0 Å². The molecule has 1 rings (SSSR count). The van der Waals surface area contributed by atoms with Crippen LogP contribution in [0.5, 0.6) is 0 Å². The first kappa shape index (κ1) is 10.3. The highest BCUT2D eigenvalue weighted by Gasteiger charge is 1.99. The summed E-state index contributed by atoms with van der Waals surface area (Å²) in [4.78, 5) is 0. The molecule has 0 saturated heterocycles. The highest BCUT2D eigenvalue weighted by molar-refractivity contribution is 5.14. The van der Waals surface area contributed by atoms with Crippen LogP contribution in [0.1, 0.15) is 25.3 Å². The Labute approximate surface area is 80.4 Å². The second-order valence-corrected chi connectivity index (χ2v) is 3.67. The van der Waals surface area contributed by atoms with Crippen molar-refractivity contribution >= 4 is 0 Å². The van der Waals surface area contributed by atoms with E-state index in [4.69, 9.17) is 5.11 Å². The van der Waals surface area contributed by atoms with E-state index in [0.717, 1.165) is 12.8 Å². The van der Waals surface area contributed by atoms with Crippen LogP contribution in [0.25, 0.3) is 0 Å². The standard InChI is InChI=1S/C12H18O/c1-11(10-13)6-5-9-12-7-3-2-4-8-12/h2-4,7-8,11,13H,5-6,9-10H2,1H3. The Balaban J connectivity index is 2.20. The fraction of sp³-hybridized carbons (Fsp3) is 0.500. The molecule has 0 radical (unpaired) electrons. The Kier molecular flexibility index (Phi) is 4.55. The zero-order chi connectivity index (χ0) is 9.52. The third kappa shape index (κ3) is 4.09. The van der Waals surface area contributed by atoms with Gasteiger partial charge in [0.1, 0.15) is 0 Å². The van der Waals surface area contributed by atoms with Crippen LogP contribution in [0, 0.1) is 5.92 Å². The van der Waals surface area contributed by atoms with Crippen LogP contribution < -0.4 is 0 Å². The van der Waals surface area contributed by atoms with Gasteiger partial charge in [0.25, 0.3) is 0 Å². The van der Waals surface area contributed by atoms with Crippen molar-refractivity contribution in [1.82, 2.24) is 0 Å². The van der Waals surface area contributed by atoms with Gasteiger partial charge in [-0.05, 0) is 30.7 Å². The highest BCUT2D eigenvalue weighted by Crippen LogP contribution is 2.09. The smallest absolute Gasteiger partial charge is 0.0456 e. The third-order valence-electron chi connectivity index (χ3n) is 2.32. The Bertz CT molecular complexity index is 218. The first-order valence-electron chi connectivity index (χ1n) is 4.97. The van der Waals surface area contributed by atoms with Crippen molar-refractivity contribution in [2.24, 2.45) is 5.92 Å². The number of hydrogen-bond acceptors (Lipinski definition) is 1. The van der Waals surface area contributed by atoms with Gasteiger partial charge in [0.2, 0.25) is 0 Å². The number of hydrogen-bond donors (Lipinski definition) is 1. The van der Waals surface area contributed by atoms with Crippen molar-refractivity contribution in [3.63, 3.8) is 0 Å². The predicted octanol–water partition coefficient (Wildman–Crippen LogP) is 2.64. The van der Waals surface area contributed by atoms with E-state index in [9.17, 15) is 0 Å². The van der Waals surface area contributed by atoms with Crippen LogP contribution in [0.3, 0.4) is 0 Å². The Morgan fingerprint density at radius 3 is 2.54 bits per heavy atom. The van der Waals surface area contributed by atoms with E-state index in [2.05, 4.69) is 31.2 Å². The second-order valence-electron chi connectivity index (χ2n) is 3.67. The predicted molar refractivity (Wildman–Crippen MR) is 55.6 cm³/mol. The van der Waals surface area contributed by atoms with Crippen molar-refractivity contribution in [2.45, 2.75) is 26.2 Å². The van der Waals surface area contributed by atoms with Crippen LogP contribution >= 0.6 is 0 Å². The quantitative estimate of drug-likeness (QED) is 0.735. The van der Waals surface area contributed by atoms with E-state index < -0.39 is 0 Å². The van der Waals surface area contributed by atoms with Crippen molar-refractivity contribution < 1.29 is 5.11 Å². The molecule has 0 aliphatic heterocycles. The maximum Gasteiger partial charge on any atom is 0.0456 e.